The van der Waals surface area contributed by atoms with E-state index in [9.17, 15) is 4.79 Å². The van der Waals surface area contributed by atoms with Gasteiger partial charge in [0.2, 0.25) is 0 Å². The summed E-state index contributed by atoms with van der Waals surface area (Å²) in [5.74, 6) is 1.90. The zero-order valence-electron chi connectivity index (χ0n) is 13.0. The lowest BCUT2D eigenvalue weighted by molar-refractivity contribution is 0.0700. The van der Waals surface area contributed by atoms with E-state index >= 15 is 0 Å². The number of aryl methyl sites for hydroxylation is 1. The van der Waals surface area contributed by atoms with Gasteiger partial charge in [0.25, 0.3) is 5.91 Å². The second kappa shape index (κ2) is 6.85. The number of halogens is 1. The van der Waals surface area contributed by atoms with Gasteiger partial charge in [-0.05, 0) is 42.3 Å². The predicted molar refractivity (Wildman–Crippen MR) is 98.1 cm³/mol. The van der Waals surface area contributed by atoms with Gasteiger partial charge in [0.05, 0.1) is 6.04 Å². The molecular formula is C18H19ClN2OS. The molecule has 1 aliphatic heterocycles. The summed E-state index contributed by atoms with van der Waals surface area (Å²) in [4.78, 5) is 15.0. The molecule has 0 saturated carbocycles. The number of nitrogens with two attached hydrogens (primary N) is 1. The number of anilines is 1. The van der Waals surface area contributed by atoms with Crippen molar-refractivity contribution in [3.05, 3.63) is 64.2 Å². The van der Waals surface area contributed by atoms with E-state index < -0.39 is 0 Å². The van der Waals surface area contributed by atoms with Crippen LogP contribution >= 0.6 is 23.4 Å². The van der Waals surface area contributed by atoms with Crippen molar-refractivity contribution < 1.29 is 4.79 Å². The Hall–Kier alpha value is -1.65. The number of nitrogens with zero attached hydrogens (tertiary/aromatic N) is 1. The first-order valence-corrected chi connectivity index (χ1v) is 9.10. The highest BCUT2D eigenvalue weighted by Crippen LogP contribution is 2.32. The molecule has 0 spiro atoms. The van der Waals surface area contributed by atoms with Crippen LogP contribution in [0.15, 0.2) is 42.5 Å². The van der Waals surface area contributed by atoms with Crippen molar-refractivity contribution in [2.75, 3.05) is 23.8 Å². The average Bonchev–Trinajstić information content (AvgIpc) is 2.57. The summed E-state index contributed by atoms with van der Waals surface area (Å²) < 4.78 is 0. The van der Waals surface area contributed by atoms with E-state index in [4.69, 9.17) is 17.3 Å². The molecular weight excluding hydrogens is 328 g/mol. The highest BCUT2D eigenvalue weighted by Gasteiger charge is 2.29. The van der Waals surface area contributed by atoms with Gasteiger partial charge in [-0.3, -0.25) is 4.79 Å². The number of nitrogen functional groups attached to an aromatic ring is 1. The van der Waals surface area contributed by atoms with Gasteiger partial charge < -0.3 is 10.6 Å². The number of hydrogen-bond donors (Lipinski definition) is 1. The Balaban J connectivity index is 1.93. The van der Waals surface area contributed by atoms with E-state index in [1.807, 2.05) is 60.0 Å². The standard InChI is InChI=1S/C18H19ClN2OS/c1-12-2-7-15(20)10-16(12)18(22)21-8-9-23-11-17(21)13-3-5-14(19)6-4-13/h2-7,10,17H,8-9,11,20H2,1H3. The summed E-state index contributed by atoms with van der Waals surface area (Å²) >= 11 is 7.86. The van der Waals surface area contributed by atoms with Crippen LogP contribution in [-0.4, -0.2) is 28.9 Å². The zero-order chi connectivity index (χ0) is 16.4. The van der Waals surface area contributed by atoms with Crippen LogP contribution in [0.25, 0.3) is 0 Å². The molecule has 23 heavy (non-hydrogen) atoms. The molecule has 1 saturated heterocycles. The molecule has 1 atom stereocenters. The lowest BCUT2D eigenvalue weighted by atomic mass is 10.0. The van der Waals surface area contributed by atoms with E-state index in [-0.39, 0.29) is 11.9 Å². The van der Waals surface area contributed by atoms with E-state index in [0.29, 0.717) is 16.3 Å². The summed E-state index contributed by atoms with van der Waals surface area (Å²) in [7, 11) is 0. The third-order valence-corrected chi connectivity index (χ3v) is 5.41. The van der Waals surface area contributed by atoms with Crippen LogP contribution in [0.5, 0.6) is 0 Å². The SMILES string of the molecule is Cc1ccc(N)cc1C(=O)N1CCSCC1c1ccc(Cl)cc1. The third-order valence-electron chi connectivity index (χ3n) is 4.14. The third kappa shape index (κ3) is 3.48. The number of thioether (sulfide) groups is 1. The van der Waals surface area contributed by atoms with Crippen LogP contribution in [0.3, 0.4) is 0 Å². The topological polar surface area (TPSA) is 46.3 Å². The Kier molecular flexibility index (Phi) is 4.83. The number of carbonyl (C=O) groups excluding carboxylic acids is 1. The lowest BCUT2D eigenvalue weighted by Crippen LogP contribution is -2.41. The van der Waals surface area contributed by atoms with Crippen molar-refractivity contribution in [1.29, 1.82) is 0 Å². The molecule has 2 aromatic carbocycles. The molecule has 2 N–H and O–H groups in total. The van der Waals surface area contributed by atoms with Crippen LogP contribution in [0.1, 0.15) is 27.5 Å². The Labute approximate surface area is 145 Å². The fourth-order valence-corrected chi connectivity index (χ4v) is 4.05. The summed E-state index contributed by atoms with van der Waals surface area (Å²) in [6, 6.07) is 13.3. The van der Waals surface area contributed by atoms with Crippen LogP contribution in [-0.2, 0) is 0 Å². The molecule has 0 bridgehead atoms. The van der Waals surface area contributed by atoms with Crippen LogP contribution in [0.2, 0.25) is 5.02 Å². The van der Waals surface area contributed by atoms with Gasteiger partial charge in [0.15, 0.2) is 0 Å². The number of benzene rings is 2. The first-order valence-electron chi connectivity index (χ1n) is 7.56. The average molecular weight is 347 g/mol. The molecule has 1 aliphatic rings. The fourth-order valence-electron chi connectivity index (χ4n) is 2.83. The van der Waals surface area contributed by atoms with E-state index in [1.54, 1.807) is 6.07 Å². The van der Waals surface area contributed by atoms with Gasteiger partial charge >= 0.3 is 0 Å². The molecule has 1 fully saturated rings. The molecule has 1 amide bonds. The van der Waals surface area contributed by atoms with E-state index in [0.717, 1.165) is 29.2 Å². The van der Waals surface area contributed by atoms with Crippen LogP contribution < -0.4 is 5.73 Å². The van der Waals surface area contributed by atoms with Crippen LogP contribution in [0, 0.1) is 6.92 Å². The van der Waals surface area contributed by atoms with Crippen molar-refractivity contribution >= 4 is 35.0 Å². The Bertz CT molecular complexity index is 717. The van der Waals surface area contributed by atoms with E-state index in [2.05, 4.69) is 0 Å². The number of carbonyl (C=O) groups is 1. The highest BCUT2D eigenvalue weighted by molar-refractivity contribution is 7.99. The fraction of sp³-hybridized carbons (Fsp3) is 0.278. The van der Waals surface area contributed by atoms with Crippen molar-refractivity contribution in [3.8, 4) is 0 Å². The highest BCUT2D eigenvalue weighted by atomic mass is 35.5. The molecule has 5 heteroatoms. The number of hydrogen-bond acceptors (Lipinski definition) is 3. The molecule has 3 nitrogen and oxygen atoms in total. The van der Waals surface area contributed by atoms with Crippen LogP contribution in [0.4, 0.5) is 5.69 Å². The summed E-state index contributed by atoms with van der Waals surface area (Å²) in [5.41, 5.74) is 9.25. The van der Waals surface area contributed by atoms with Crippen molar-refractivity contribution in [2.24, 2.45) is 0 Å². The molecule has 0 aromatic heterocycles. The smallest absolute Gasteiger partial charge is 0.254 e. The van der Waals surface area contributed by atoms with Gasteiger partial charge in [0, 0.05) is 34.3 Å². The maximum absolute atomic E-state index is 13.1. The summed E-state index contributed by atoms with van der Waals surface area (Å²) in [5, 5.41) is 0.710. The monoisotopic (exact) mass is 346 g/mol. The van der Waals surface area contributed by atoms with Crippen molar-refractivity contribution in [3.63, 3.8) is 0 Å². The normalized spacial score (nSPS) is 18.0. The number of rotatable bonds is 2. The largest absolute Gasteiger partial charge is 0.399 e. The minimum absolute atomic E-state index is 0.0510. The molecule has 1 unspecified atom stereocenters. The quantitative estimate of drug-likeness (QED) is 0.830. The maximum atomic E-state index is 13.1. The van der Waals surface area contributed by atoms with Crippen molar-refractivity contribution in [2.45, 2.75) is 13.0 Å². The first kappa shape index (κ1) is 16.2. The van der Waals surface area contributed by atoms with Crippen molar-refractivity contribution in [1.82, 2.24) is 4.90 Å². The Morgan fingerprint density at radius 1 is 1.26 bits per heavy atom. The molecule has 120 valence electrons. The second-order valence-corrected chi connectivity index (χ2v) is 7.30. The lowest BCUT2D eigenvalue weighted by Gasteiger charge is -2.36. The predicted octanol–water partition coefficient (Wildman–Crippen LogP) is 4.16. The summed E-state index contributed by atoms with van der Waals surface area (Å²) in [6.07, 6.45) is 0. The number of amides is 1. The van der Waals surface area contributed by atoms with Gasteiger partial charge in [-0.1, -0.05) is 29.8 Å². The molecule has 2 aromatic rings. The van der Waals surface area contributed by atoms with Gasteiger partial charge in [0.1, 0.15) is 0 Å². The molecule has 0 aliphatic carbocycles. The maximum Gasteiger partial charge on any atom is 0.254 e. The Morgan fingerprint density at radius 2 is 2.00 bits per heavy atom. The van der Waals surface area contributed by atoms with Gasteiger partial charge in [-0.2, -0.15) is 11.8 Å². The Morgan fingerprint density at radius 3 is 2.74 bits per heavy atom. The summed E-state index contributed by atoms with van der Waals surface area (Å²) in [6.45, 7) is 2.69. The zero-order valence-corrected chi connectivity index (χ0v) is 14.5. The van der Waals surface area contributed by atoms with Gasteiger partial charge in [-0.15, -0.1) is 0 Å². The second-order valence-electron chi connectivity index (χ2n) is 5.72. The van der Waals surface area contributed by atoms with E-state index in [1.165, 1.54) is 0 Å². The molecule has 1 heterocycles. The van der Waals surface area contributed by atoms with Gasteiger partial charge in [-0.25, -0.2) is 0 Å². The molecule has 3 rings (SSSR count). The minimum atomic E-state index is 0.0510. The minimum Gasteiger partial charge on any atom is -0.399 e. The first-order chi connectivity index (χ1) is 11.1. The molecule has 0 radical (unpaired) electrons.